The van der Waals surface area contributed by atoms with E-state index in [1.54, 1.807) is 7.11 Å². The van der Waals surface area contributed by atoms with E-state index in [4.69, 9.17) is 4.74 Å². The first-order valence-electron chi connectivity index (χ1n) is 8.34. The standard InChI is InChI=1S/C20H26N2O/c1-5-22(14-16-9-7-6-8-10-16)20-15(2)18-13-17(23-4)11-12-19(18)21(20)3/h6-13,15,20H,5,14H2,1-4H3. The highest BCUT2D eigenvalue weighted by atomic mass is 16.5. The monoisotopic (exact) mass is 310 g/mol. The number of fused-ring (bicyclic) bond motifs is 1. The van der Waals surface area contributed by atoms with Gasteiger partial charge in [-0.2, -0.15) is 0 Å². The van der Waals surface area contributed by atoms with Crippen molar-refractivity contribution in [1.29, 1.82) is 0 Å². The molecule has 0 radical (unpaired) electrons. The summed E-state index contributed by atoms with van der Waals surface area (Å²) in [4.78, 5) is 4.96. The topological polar surface area (TPSA) is 15.7 Å². The van der Waals surface area contributed by atoms with Crippen LogP contribution in [0.3, 0.4) is 0 Å². The van der Waals surface area contributed by atoms with Crippen LogP contribution in [0.4, 0.5) is 5.69 Å². The third-order valence-corrected chi connectivity index (χ3v) is 4.96. The zero-order valence-electron chi connectivity index (χ0n) is 14.5. The fourth-order valence-corrected chi connectivity index (χ4v) is 3.76. The first-order chi connectivity index (χ1) is 11.2. The zero-order chi connectivity index (χ0) is 16.4. The summed E-state index contributed by atoms with van der Waals surface area (Å²) in [5.74, 6) is 1.39. The molecular weight excluding hydrogens is 284 g/mol. The minimum atomic E-state index is 0.377. The summed E-state index contributed by atoms with van der Waals surface area (Å²) < 4.78 is 5.41. The molecule has 0 spiro atoms. The number of hydrogen-bond acceptors (Lipinski definition) is 3. The maximum absolute atomic E-state index is 5.41. The van der Waals surface area contributed by atoms with Gasteiger partial charge in [0.2, 0.25) is 0 Å². The summed E-state index contributed by atoms with van der Waals surface area (Å²) in [5, 5.41) is 0. The fourth-order valence-electron chi connectivity index (χ4n) is 3.76. The molecule has 2 aromatic rings. The third kappa shape index (κ3) is 2.93. The van der Waals surface area contributed by atoms with Crippen molar-refractivity contribution in [2.24, 2.45) is 0 Å². The lowest BCUT2D eigenvalue weighted by Gasteiger charge is -2.36. The Hall–Kier alpha value is -2.00. The van der Waals surface area contributed by atoms with Crippen LogP contribution >= 0.6 is 0 Å². The van der Waals surface area contributed by atoms with Gasteiger partial charge < -0.3 is 9.64 Å². The van der Waals surface area contributed by atoms with E-state index in [1.165, 1.54) is 16.8 Å². The van der Waals surface area contributed by atoms with Gasteiger partial charge in [-0.3, -0.25) is 4.90 Å². The number of likely N-dealkylation sites (N-methyl/N-ethyl adjacent to an activating group) is 2. The summed E-state index contributed by atoms with van der Waals surface area (Å²) in [6, 6.07) is 17.1. The van der Waals surface area contributed by atoms with E-state index >= 15 is 0 Å². The molecule has 0 bridgehead atoms. The molecule has 3 nitrogen and oxygen atoms in total. The van der Waals surface area contributed by atoms with E-state index in [9.17, 15) is 0 Å². The molecule has 1 heterocycles. The molecule has 0 saturated heterocycles. The molecule has 2 unspecified atom stereocenters. The normalized spacial score (nSPS) is 20.0. The molecule has 0 amide bonds. The first kappa shape index (κ1) is 15.9. The molecule has 0 aromatic heterocycles. The predicted molar refractivity (Wildman–Crippen MR) is 96.1 cm³/mol. The van der Waals surface area contributed by atoms with E-state index in [1.807, 2.05) is 0 Å². The maximum atomic E-state index is 5.41. The Morgan fingerprint density at radius 2 is 1.87 bits per heavy atom. The van der Waals surface area contributed by atoms with Crippen LogP contribution < -0.4 is 9.64 Å². The second kappa shape index (κ2) is 6.63. The SMILES string of the molecule is CCN(Cc1ccccc1)C1C(C)c2cc(OC)ccc2N1C. The summed E-state index contributed by atoms with van der Waals surface area (Å²) in [6.45, 7) is 6.56. The van der Waals surface area contributed by atoms with Crippen molar-refractivity contribution >= 4 is 5.69 Å². The molecular formula is C20H26N2O. The highest BCUT2D eigenvalue weighted by Crippen LogP contribution is 2.43. The zero-order valence-corrected chi connectivity index (χ0v) is 14.5. The Morgan fingerprint density at radius 3 is 2.52 bits per heavy atom. The minimum Gasteiger partial charge on any atom is -0.497 e. The average Bonchev–Trinajstić information content (AvgIpc) is 2.84. The number of hydrogen-bond donors (Lipinski definition) is 0. The smallest absolute Gasteiger partial charge is 0.119 e. The van der Waals surface area contributed by atoms with Gasteiger partial charge in [0.05, 0.1) is 13.3 Å². The molecule has 1 aliphatic heterocycles. The number of ether oxygens (including phenoxy) is 1. The lowest BCUT2D eigenvalue weighted by atomic mass is 10.00. The maximum Gasteiger partial charge on any atom is 0.119 e. The molecule has 0 aliphatic carbocycles. The van der Waals surface area contributed by atoms with Crippen molar-refractivity contribution in [3.63, 3.8) is 0 Å². The largest absolute Gasteiger partial charge is 0.497 e. The van der Waals surface area contributed by atoms with Crippen molar-refractivity contribution in [1.82, 2.24) is 4.90 Å². The molecule has 23 heavy (non-hydrogen) atoms. The number of nitrogens with zero attached hydrogens (tertiary/aromatic N) is 2. The molecule has 2 aromatic carbocycles. The van der Waals surface area contributed by atoms with Crippen LogP contribution in [0.2, 0.25) is 0 Å². The minimum absolute atomic E-state index is 0.377. The van der Waals surface area contributed by atoms with E-state index in [0.29, 0.717) is 12.1 Å². The lowest BCUT2D eigenvalue weighted by Crippen LogP contribution is -2.45. The third-order valence-electron chi connectivity index (χ3n) is 4.96. The average molecular weight is 310 g/mol. The van der Waals surface area contributed by atoms with E-state index in [0.717, 1.165) is 18.8 Å². The molecule has 1 aliphatic rings. The van der Waals surface area contributed by atoms with Crippen LogP contribution in [0.5, 0.6) is 5.75 Å². The summed E-state index contributed by atoms with van der Waals surface area (Å²) >= 11 is 0. The molecule has 0 fully saturated rings. The summed E-state index contributed by atoms with van der Waals surface area (Å²) in [5.41, 5.74) is 4.06. The van der Waals surface area contributed by atoms with Crippen molar-refractivity contribution in [2.75, 3.05) is 25.6 Å². The van der Waals surface area contributed by atoms with E-state index in [-0.39, 0.29) is 0 Å². The van der Waals surface area contributed by atoms with Crippen LogP contribution in [-0.4, -0.2) is 31.8 Å². The van der Waals surface area contributed by atoms with Crippen molar-refractivity contribution in [3.05, 3.63) is 59.7 Å². The van der Waals surface area contributed by atoms with Crippen LogP contribution in [0, 0.1) is 0 Å². The fraction of sp³-hybridized carbons (Fsp3) is 0.400. The Labute approximate surface area is 139 Å². The Morgan fingerprint density at radius 1 is 1.13 bits per heavy atom. The van der Waals surface area contributed by atoms with Crippen molar-refractivity contribution in [3.8, 4) is 5.75 Å². The Bertz CT molecular complexity index is 656. The first-order valence-corrected chi connectivity index (χ1v) is 8.34. The lowest BCUT2D eigenvalue weighted by molar-refractivity contribution is 0.182. The van der Waals surface area contributed by atoms with E-state index in [2.05, 4.69) is 79.2 Å². The predicted octanol–water partition coefficient (Wildman–Crippen LogP) is 4.10. The summed E-state index contributed by atoms with van der Waals surface area (Å²) in [7, 11) is 3.93. The van der Waals surface area contributed by atoms with Gasteiger partial charge in [-0.25, -0.2) is 0 Å². The number of methoxy groups -OCH3 is 1. The van der Waals surface area contributed by atoms with Crippen LogP contribution in [0.25, 0.3) is 0 Å². The highest BCUT2D eigenvalue weighted by Gasteiger charge is 2.37. The second-order valence-electron chi connectivity index (χ2n) is 6.29. The molecule has 122 valence electrons. The van der Waals surface area contributed by atoms with Gasteiger partial charge in [0, 0.05) is 25.2 Å². The van der Waals surface area contributed by atoms with Gasteiger partial charge in [0.25, 0.3) is 0 Å². The van der Waals surface area contributed by atoms with E-state index < -0.39 is 0 Å². The van der Waals surface area contributed by atoms with Gasteiger partial charge in [-0.1, -0.05) is 44.2 Å². The van der Waals surface area contributed by atoms with Crippen LogP contribution in [0.1, 0.15) is 30.9 Å². The molecule has 0 N–H and O–H groups in total. The molecule has 2 atom stereocenters. The molecule has 3 rings (SSSR count). The second-order valence-corrected chi connectivity index (χ2v) is 6.29. The molecule has 3 heteroatoms. The van der Waals surface area contributed by atoms with Gasteiger partial charge >= 0.3 is 0 Å². The van der Waals surface area contributed by atoms with Gasteiger partial charge in [0.15, 0.2) is 0 Å². The number of anilines is 1. The van der Waals surface area contributed by atoms with Crippen molar-refractivity contribution in [2.45, 2.75) is 32.5 Å². The Balaban J connectivity index is 1.87. The quantitative estimate of drug-likeness (QED) is 0.827. The van der Waals surface area contributed by atoms with Crippen LogP contribution in [0.15, 0.2) is 48.5 Å². The summed E-state index contributed by atoms with van der Waals surface area (Å²) in [6.07, 6.45) is 0.377. The van der Waals surface area contributed by atoms with Gasteiger partial charge in [-0.15, -0.1) is 0 Å². The van der Waals surface area contributed by atoms with Crippen LogP contribution in [-0.2, 0) is 6.54 Å². The molecule has 0 saturated carbocycles. The highest BCUT2D eigenvalue weighted by molar-refractivity contribution is 5.63. The number of benzene rings is 2. The number of rotatable bonds is 5. The van der Waals surface area contributed by atoms with Gasteiger partial charge in [-0.05, 0) is 35.9 Å². The van der Waals surface area contributed by atoms with Gasteiger partial charge in [0.1, 0.15) is 5.75 Å². The Kier molecular flexibility index (Phi) is 4.58. The van der Waals surface area contributed by atoms with Crippen molar-refractivity contribution < 1.29 is 4.74 Å².